The number of fused-ring (bicyclic) bond motifs is 1. The van der Waals surface area contributed by atoms with Gasteiger partial charge in [-0.05, 0) is 31.5 Å². The number of para-hydroxylation sites is 1. The highest BCUT2D eigenvalue weighted by molar-refractivity contribution is 7.17. The van der Waals surface area contributed by atoms with Gasteiger partial charge in [-0.1, -0.05) is 48.0 Å². The van der Waals surface area contributed by atoms with Crippen LogP contribution in [0.5, 0.6) is 0 Å². The van der Waals surface area contributed by atoms with E-state index in [1.165, 1.54) is 22.2 Å². The van der Waals surface area contributed by atoms with Crippen LogP contribution in [0.1, 0.15) is 18.5 Å². The molecule has 2 aromatic carbocycles. The summed E-state index contributed by atoms with van der Waals surface area (Å²) in [6.07, 6.45) is 1.45. The lowest BCUT2D eigenvalue weighted by atomic mass is 10.0. The summed E-state index contributed by atoms with van der Waals surface area (Å²) in [6, 6.07) is 16.5. The van der Waals surface area contributed by atoms with E-state index in [1.54, 1.807) is 6.92 Å². The first-order valence-corrected chi connectivity index (χ1v) is 9.84. The molecule has 0 fully saturated rings. The number of aromatic nitrogens is 2. The van der Waals surface area contributed by atoms with Crippen LogP contribution < -0.4 is 10.9 Å². The second-order valence-corrected chi connectivity index (χ2v) is 7.54. The van der Waals surface area contributed by atoms with Gasteiger partial charge in [0.25, 0.3) is 5.56 Å². The standard InChI is InChI=1S/C22H19N3O2S/c1-14-8-10-16(11-9-14)18-12-28-21-19(18)22(27)25(13-23-21)15(2)20(26)24-17-6-4-3-5-7-17/h3-13,15H,1-2H3,(H,24,26)/t15-/m1/s1. The zero-order chi connectivity index (χ0) is 19.7. The lowest BCUT2D eigenvalue weighted by molar-refractivity contribution is -0.118. The van der Waals surface area contributed by atoms with Gasteiger partial charge in [-0.2, -0.15) is 0 Å². The van der Waals surface area contributed by atoms with Gasteiger partial charge in [0.05, 0.1) is 11.7 Å². The molecule has 2 heterocycles. The summed E-state index contributed by atoms with van der Waals surface area (Å²) in [5, 5.41) is 5.34. The molecule has 1 N–H and O–H groups in total. The van der Waals surface area contributed by atoms with Crippen molar-refractivity contribution >= 4 is 33.1 Å². The van der Waals surface area contributed by atoms with Crippen molar-refractivity contribution in [2.75, 3.05) is 5.32 Å². The van der Waals surface area contributed by atoms with E-state index < -0.39 is 6.04 Å². The van der Waals surface area contributed by atoms with Crippen molar-refractivity contribution < 1.29 is 4.79 Å². The molecule has 28 heavy (non-hydrogen) atoms. The predicted octanol–water partition coefficient (Wildman–Crippen LogP) is 4.63. The lowest BCUT2D eigenvalue weighted by Gasteiger charge is -2.15. The summed E-state index contributed by atoms with van der Waals surface area (Å²) in [7, 11) is 0. The van der Waals surface area contributed by atoms with Crippen LogP contribution in [-0.2, 0) is 4.79 Å². The molecular formula is C22H19N3O2S. The Bertz CT molecular complexity index is 1190. The smallest absolute Gasteiger partial charge is 0.263 e. The Morgan fingerprint density at radius 3 is 2.54 bits per heavy atom. The predicted molar refractivity (Wildman–Crippen MR) is 114 cm³/mol. The Morgan fingerprint density at radius 2 is 1.82 bits per heavy atom. The van der Waals surface area contributed by atoms with Crippen LogP contribution in [0, 0.1) is 6.92 Å². The Labute approximate surface area is 166 Å². The van der Waals surface area contributed by atoms with Gasteiger partial charge in [0.15, 0.2) is 0 Å². The molecule has 4 rings (SSSR count). The van der Waals surface area contributed by atoms with Gasteiger partial charge in [-0.3, -0.25) is 14.2 Å². The zero-order valence-corrected chi connectivity index (χ0v) is 16.4. The van der Waals surface area contributed by atoms with Crippen molar-refractivity contribution in [1.29, 1.82) is 0 Å². The number of hydrogen-bond acceptors (Lipinski definition) is 4. The molecule has 4 aromatic rings. The van der Waals surface area contributed by atoms with Crippen LogP contribution in [0.3, 0.4) is 0 Å². The third-order valence-corrected chi connectivity index (χ3v) is 5.61. The summed E-state index contributed by atoms with van der Waals surface area (Å²) in [6.45, 7) is 3.72. The molecule has 140 valence electrons. The topological polar surface area (TPSA) is 64.0 Å². The first-order chi connectivity index (χ1) is 13.5. The minimum Gasteiger partial charge on any atom is -0.324 e. The maximum atomic E-state index is 13.2. The highest BCUT2D eigenvalue weighted by atomic mass is 32.1. The van der Waals surface area contributed by atoms with Crippen LogP contribution in [0.2, 0.25) is 0 Å². The van der Waals surface area contributed by atoms with Gasteiger partial charge in [-0.15, -0.1) is 11.3 Å². The van der Waals surface area contributed by atoms with E-state index in [0.717, 1.165) is 16.7 Å². The number of amides is 1. The van der Waals surface area contributed by atoms with Crippen molar-refractivity contribution in [3.8, 4) is 11.1 Å². The van der Waals surface area contributed by atoms with E-state index in [9.17, 15) is 9.59 Å². The molecule has 0 bridgehead atoms. The average molecular weight is 389 g/mol. The molecule has 1 amide bonds. The van der Waals surface area contributed by atoms with Crippen LogP contribution in [0.25, 0.3) is 21.3 Å². The van der Waals surface area contributed by atoms with Crippen molar-refractivity contribution in [2.45, 2.75) is 19.9 Å². The summed E-state index contributed by atoms with van der Waals surface area (Å²) in [5.41, 5.74) is 3.46. The average Bonchev–Trinajstić information content (AvgIpc) is 3.14. The van der Waals surface area contributed by atoms with E-state index in [0.29, 0.717) is 15.9 Å². The van der Waals surface area contributed by atoms with Gasteiger partial charge in [0, 0.05) is 16.6 Å². The number of carbonyl (C=O) groups excluding carboxylic acids is 1. The van der Waals surface area contributed by atoms with E-state index in [2.05, 4.69) is 10.3 Å². The number of benzene rings is 2. The van der Waals surface area contributed by atoms with E-state index in [-0.39, 0.29) is 11.5 Å². The van der Waals surface area contributed by atoms with Gasteiger partial charge < -0.3 is 5.32 Å². The Morgan fingerprint density at radius 1 is 1.11 bits per heavy atom. The number of aryl methyl sites for hydroxylation is 1. The zero-order valence-electron chi connectivity index (χ0n) is 15.5. The molecule has 0 spiro atoms. The molecule has 0 saturated heterocycles. The van der Waals surface area contributed by atoms with Crippen LogP contribution in [0.15, 0.2) is 71.1 Å². The molecule has 1 atom stereocenters. The van der Waals surface area contributed by atoms with Gasteiger partial charge >= 0.3 is 0 Å². The Balaban J connectivity index is 1.73. The van der Waals surface area contributed by atoms with Crippen molar-refractivity contribution in [3.05, 3.63) is 82.2 Å². The summed E-state index contributed by atoms with van der Waals surface area (Å²) in [5.74, 6) is -0.262. The van der Waals surface area contributed by atoms with Crippen LogP contribution in [-0.4, -0.2) is 15.5 Å². The largest absolute Gasteiger partial charge is 0.324 e. The number of carbonyl (C=O) groups is 1. The lowest BCUT2D eigenvalue weighted by Crippen LogP contribution is -2.31. The molecule has 0 saturated carbocycles. The number of anilines is 1. The first-order valence-electron chi connectivity index (χ1n) is 8.96. The van der Waals surface area contributed by atoms with E-state index >= 15 is 0 Å². The van der Waals surface area contributed by atoms with Gasteiger partial charge in [-0.25, -0.2) is 4.98 Å². The quantitative estimate of drug-likeness (QED) is 0.553. The fourth-order valence-electron chi connectivity index (χ4n) is 3.06. The molecule has 0 aliphatic carbocycles. The van der Waals surface area contributed by atoms with Crippen LogP contribution in [0.4, 0.5) is 5.69 Å². The second-order valence-electron chi connectivity index (χ2n) is 6.68. The number of hydrogen-bond donors (Lipinski definition) is 1. The number of nitrogens with one attached hydrogen (secondary N) is 1. The summed E-state index contributed by atoms with van der Waals surface area (Å²) < 4.78 is 1.39. The van der Waals surface area contributed by atoms with Crippen LogP contribution >= 0.6 is 11.3 Å². The van der Waals surface area contributed by atoms with E-state index in [4.69, 9.17) is 0 Å². The fraction of sp³-hybridized carbons (Fsp3) is 0.136. The highest BCUT2D eigenvalue weighted by Gasteiger charge is 2.20. The Kier molecular flexibility index (Phi) is 4.79. The minimum atomic E-state index is -0.685. The number of thiophene rings is 1. The third kappa shape index (κ3) is 3.34. The normalized spacial score (nSPS) is 12.1. The van der Waals surface area contributed by atoms with Gasteiger partial charge in [0.2, 0.25) is 5.91 Å². The van der Waals surface area contributed by atoms with Crippen molar-refractivity contribution in [2.24, 2.45) is 0 Å². The van der Waals surface area contributed by atoms with E-state index in [1.807, 2.05) is 66.9 Å². The minimum absolute atomic E-state index is 0.211. The molecule has 5 nitrogen and oxygen atoms in total. The molecule has 0 aliphatic rings. The first kappa shape index (κ1) is 18.1. The number of nitrogens with zero attached hydrogens (tertiary/aromatic N) is 2. The van der Waals surface area contributed by atoms with Gasteiger partial charge in [0.1, 0.15) is 10.9 Å². The summed E-state index contributed by atoms with van der Waals surface area (Å²) in [4.78, 5) is 30.9. The maximum Gasteiger partial charge on any atom is 0.263 e. The number of rotatable bonds is 4. The molecule has 0 radical (unpaired) electrons. The van der Waals surface area contributed by atoms with Crippen molar-refractivity contribution in [3.63, 3.8) is 0 Å². The fourth-order valence-corrected chi connectivity index (χ4v) is 3.97. The molecule has 0 unspecified atom stereocenters. The highest BCUT2D eigenvalue weighted by Crippen LogP contribution is 2.31. The molecule has 6 heteroatoms. The molecule has 2 aromatic heterocycles. The summed E-state index contributed by atoms with van der Waals surface area (Å²) >= 11 is 1.43. The molecular weight excluding hydrogens is 370 g/mol. The molecule has 0 aliphatic heterocycles. The third-order valence-electron chi connectivity index (χ3n) is 4.72. The Hall–Kier alpha value is -3.25. The SMILES string of the molecule is Cc1ccc(-c2csc3ncn([C@H](C)C(=O)Nc4ccccc4)c(=O)c23)cc1. The second kappa shape index (κ2) is 7.40. The van der Waals surface area contributed by atoms with Crippen molar-refractivity contribution in [1.82, 2.24) is 9.55 Å². The maximum absolute atomic E-state index is 13.2. The monoisotopic (exact) mass is 389 g/mol.